The quantitative estimate of drug-likeness (QED) is 0.396. The van der Waals surface area contributed by atoms with Gasteiger partial charge in [0.1, 0.15) is 0 Å². The average molecular weight is 669 g/mol. The van der Waals surface area contributed by atoms with Gasteiger partial charge >= 0.3 is 254 Å². The van der Waals surface area contributed by atoms with Crippen LogP contribution in [-0.2, 0) is 0 Å². The van der Waals surface area contributed by atoms with Crippen molar-refractivity contribution in [1.29, 1.82) is 0 Å². The number of ketones is 2. The molecule has 0 N–H and O–H groups in total. The SMILES string of the molecule is CCCC1=C(C)C2=Cc3c(C)c(C(C)=O)c4[n]3[In]([Cl])[n]3c(c(C)c5c3=C(CC5=O)C1=N2)=CC1=NC(=C4)[C@H](C)[C@H]1CC. The Morgan fingerprint density at radius 2 is 1.83 bits per heavy atom. The van der Waals surface area contributed by atoms with Crippen molar-refractivity contribution < 1.29 is 9.59 Å². The average Bonchev–Trinajstić information content (AvgIpc) is 3.65. The molecule has 6 heterocycles. The van der Waals surface area contributed by atoms with Gasteiger partial charge in [0, 0.05) is 0 Å². The Labute approximate surface area is 252 Å². The summed E-state index contributed by atoms with van der Waals surface area (Å²) in [5.74, 6) is 0.621. The molecular formula is C33H34ClInN4O2. The van der Waals surface area contributed by atoms with E-state index in [1.54, 1.807) is 6.92 Å². The predicted octanol–water partition coefficient (Wildman–Crippen LogP) is 5.64. The number of rotatable bonds is 4. The van der Waals surface area contributed by atoms with Crippen LogP contribution in [0.3, 0.4) is 0 Å². The van der Waals surface area contributed by atoms with Crippen LogP contribution in [0.1, 0.15) is 104 Å². The number of allylic oxidation sites excluding steroid dienone is 3. The number of carbonyl (C=O) groups is 2. The van der Waals surface area contributed by atoms with Crippen LogP contribution in [-0.4, -0.2) is 48.9 Å². The summed E-state index contributed by atoms with van der Waals surface area (Å²) in [4.78, 5) is 37.5. The Hall–Kier alpha value is -2.64. The second-order valence-electron chi connectivity index (χ2n) is 12.1. The first kappa shape index (κ1) is 27.2. The van der Waals surface area contributed by atoms with Crippen LogP contribution in [0.4, 0.5) is 0 Å². The Balaban J connectivity index is 1.76. The molecule has 5 aliphatic rings. The summed E-state index contributed by atoms with van der Waals surface area (Å²) in [5, 5.41) is 1.95. The number of hydrogen-bond donors (Lipinski definition) is 0. The zero-order valence-corrected chi connectivity index (χ0v) is 28.8. The van der Waals surface area contributed by atoms with Gasteiger partial charge in [-0.3, -0.25) is 0 Å². The molecule has 2 atom stereocenters. The van der Waals surface area contributed by atoms with Gasteiger partial charge in [-0.2, -0.15) is 0 Å². The number of hydrogen-bond acceptors (Lipinski definition) is 4. The predicted molar refractivity (Wildman–Crippen MR) is 168 cm³/mol. The second-order valence-corrected chi connectivity index (χ2v) is 19.4. The van der Waals surface area contributed by atoms with Gasteiger partial charge < -0.3 is 0 Å². The number of fused-ring (bicyclic) bond motifs is 3. The number of aromatic nitrogens is 2. The molecule has 8 heteroatoms. The summed E-state index contributed by atoms with van der Waals surface area (Å²) in [6, 6.07) is 0. The van der Waals surface area contributed by atoms with Crippen molar-refractivity contribution in [3.8, 4) is 0 Å². The van der Waals surface area contributed by atoms with Gasteiger partial charge in [-0.05, 0) is 0 Å². The maximum absolute atomic E-state index is 13.8. The first-order valence-electron chi connectivity index (χ1n) is 14.8. The van der Waals surface area contributed by atoms with E-state index in [-0.39, 0.29) is 23.4 Å². The molecule has 0 aromatic carbocycles. The molecule has 2 aromatic heterocycles. The van der Waals surface area contributed by atoms with E-state index in [0.717, 1.165) is 92.0 Å². The zero-order valence-electron chi connectivity index (χ0n) is 24.8. The molecule has 7 rings (SSSR count). The van der Waals surface area contributed by atoms with E-state index in [1.165, 1.54) is 5.57 Å². The van der Waals surface area contributed by atoms with Crippen molar-refractivity contribution in [2.75, 3.05) is 0 Å². The van der Waals surface area contributed by atoms with Crippen molar-refractivity contribution in [3.05, 3.63) is 66.9 Å². The molecule has 0 saturated heterocycles. The van der Waals surface area contributed by atoms with Crippen molar-refractivity contribution in [2.45, 2.75) is 74.1 Å². The Morgan fingerprint density at radius 3 is 2.51 bits per heavy atom. The molecule has 6 nitrogen and oxygen atoms in total. The van der Waals surface area contributed by atoms with Crippen LogP contribution < -0.4 is 10.7 Å². The molecule has 2 aromatic rings. The van der Waals surface area contributed by atoms with Gasteiger partial charge in [-0.25, -0.2) is 0 Å². The fourth-order valence-electron chi connectivity index (χ4n) is 7.77. The fraction of sp³-hybridized carbons (Fsp3) is 0.394. The molecule has 0 saturated carbocycles. The minimum atomic E-state index is -3.59. The molecule has 0 unspecified atom stereocenters. The Morgan fingerprint density at radius 1 is 1.07 bits per heavy atom. The number of aliphatic imine (C=N–C) groups is 2. The normalized spacial score (nSPS) is 22.1. The third-order valence-electron chi connectivity index (χ3n) is 9.84. The standard InChI is InChI=1S/C33H35N4O2.ClH.In/c1-8-10-21-16(4)24-12-25-17(5)30(19(7)38)28(35-25)14-23-15(3)20(9-2)27(34-23)13-26-18(6)31-29(39)11-22(32(21)36-24)33(31)37-26;;/h12-15,20H,8-11H2,1-7H3,(H-,34,35,36,37,38,39);1H;/q-1;;+3/p-2/t15-,20-;;/m1../s1. The molecule has 0 fully saturated rings. The number of carbonyl (C=O) groups excluding carboxylic acids is 2. The third-order valence-corrected chi connectivity index (χ3v) is 18.0. The first-order chi connectivity index (χ1) is 19.6. The summed E-state index contributed by atoms with van der Waals surface area (Å²) in [7, 11) is 7.85. The second kappa shape index (κ2) is 9.43. The summed E-state index contributed by atoms with van der Waals surface area (Å²) in [5.41, 5.74) is 12.4. The number of nitrogens with zero attached hydrogens (tertiary/aromatic N) is 4. The van der Waals surface area contributed by atoms with Gasteiger partial charge in [0.05, 0.1) is 0 Å². The van der Waals surface area contributed by atoms with Crippen LogP contribution in [0.2, 0.25) is 0 Å². The molecule has 1 aliphatic carbocycles. The summed E-state index contributed by atoms with van der Waals surface area (Å²) < 4.78 is 4.62. The Kier molecular flexibility index (Phi) is 6.26. The fourth-order valence-corrected chi connectivity index (χ4v) is 16.7. The summed E-state index contributed by atoms with van der Waals surface area (Å²) in [6.45, 7) is 14.5. The molecule has 6 bridgehead atoms. The summed E-state index contributed by atoms with van der Waals surface area (Å²) >= 11 is -3.59. The van der Waals surface area contributed by atoms with Crippen LogP contribution in [0.15, 0.2) is 32.5 Å². The van der Waals surface area contributed by atoms with Crippen molar-refractivity contribution >= 4 is 76.2 Å². The van der Waals surface area contributed by atoms with Crippen LogP contribution in [0.5, 0.6) is 0 Å². The van der Waals surface area contributed by atoms with Gasteiger partial charge in [0.25, 0.3) is 0 Å². The topological polar surface area (TPSA) is 68.7 Å². The molecule has 41 heavy (non-hydrogen) atoms. The minimum absolute atomic E-state index is 0.0226. The third kappa shape index (κ3) is 3.57. The van der Waals surface area contributed by atoms with E-state index in [1.807, 2.05) is 6.92 Å². The molecule has 4 aliphatic heterocycles. The van der Waals surface area contributed by atoms with E-state index >= 15 is 0 Å². The van der Waals surface area contributed by atoms with E-state index in [0.29, 0.717) is 12.0 Å². The zero-order chi connectivity index (χ0) is 29.1. The number of halogens is 1. The molecule has 0 amide bonds. The van der Waals surface area contributed by atoms with Crippen molar-refractivity contribution in [1.82, 2.24) is 5.11 Å². The van der Waals surface area contributed by atoms with Crippen LogP contribution in [0.25, 0.3) is 23.8 Å². The maximum atomic E-state index is 13.8. The van der Waals surface area contributed by atoms with Crippen molar-refractivity contribution in [2.24, 2.45) is 21.8 Å². The number of Topliss-reactive ketones (excluding diaryl/α,β-unsaturated/α-hetero) is 2. The molecule has 0 radical (unpaired) electrons. The van der Waals surface area contributed by atoms with Gasteiger partial charge in [-0.1, -0.05) is 0 Å². The first-order valence-corrected chi connectivity index (χ1v) is 21.9. The molecule has 208 valence electrons. The molecule has 0 spiro atoms. The van der Waals surface area contributed by atoms with E-state index < -0.39 is 20.8 Å². The van der Waals surface area contributed by atoms with E-state index in [9.17, 15) is 9.59 Å². The van der Waals surface area contributed by atoms with Gasteiger partial charge in [0.15, 0.2) is 0 Å². The summed E-state index contributed by atoms with van der Waals surface area (Å²) in [6.07, 6.45) is 9.66. The van der Waals surface area contributed by atoms with Gasteiger partial charge in [-0.15, -0.1) is 0 Å². The van der Waals surface area contributed by atoms with E-state index in [4.69, 9.17) is 18.6 Å². The van der Waals surface area contributed by atoms with Gasteiger partial charge in [0.2, 0.25) is 0 Å². The van der Waals surface area contributed by atoms with Crippen LogP contribution >= 0.6 is 8.58 Å². The molecular weight excluding hydrogens is 635 g/mol. The van der Waals surface area contributed by atoms with E-state index in [2.05, 4.69) is 58.0 Å². The van der Waals surface area contributed by atoms with Crippen molar-refractivity contribution in [3.63, 3.8) is 0 Å². The Bertz CT molecular complexity index is 1930. The monoisotopic (exact) mass is 668 g/mol. The van der Waals surface area contributed by atoms with Crippen LogP contribution in [0, 0.1) is 25.7 Å².